The third-order valence-corrected chi connectivity index (χ3v) is 2.88. The molecule has 2 unspecified atom stereocenters. The lowest BCUT2D eigenvalue weighted by atomic mass is 9.80. The smallest absolute Gasteiger partial charge is 0.158 e. The average molecular weight is 161 g/mol. The van der Waals surface area contributed by atoms with Gasteiger partial charge in [-0.25, -0.2) is 0 Å². The van der Waals surface area contributed by atoms with Crippen LogP contribution < -0.4 is 0 Å². The zero-order valence-electron chi connectivity index (χ0n) is 6.92. The molecule has 1 saturated carbocycles. The monoisotopic (exact) mass is 161 g/mol. The first kappa shape index (κ1) is 7.54. The van der Waals surface area contributed by atoms with Crippen LogP contribution in [-0.2, 0) is 4.79 Å². The quantitative estimate of drug-likeness (QED) is 0.543. The molecule has 0 aromatic rings. The van der Waals surface area contributed by atoms with Gasteiger partial charge < -0.3 is 0 Å². The van der Waals surface area contributed by atoms with E-state index in [2.05, 4.69) is 6.07 Å². The minimum Gasteiger partial charge on any atom is -0.295 e. The van der Waals surface area contributed by atoms with Crippen molar-refractivity contribution in [2.75, 3.05) is 0 Å². The van der Waals surface area contributed by atoms with Gasteiger partial charge >= 0.3 is 0 Å². The van der Waals surface area contributed by atoms with E-state index in [1.165, 1.54) is 0 Å². The molecule has 0 heterocycles. The summed E-state index contributed by atoms with van der Waals surface area (Å²) in [7, 11) is 0. The van der Waals surface area contributed by atoms with Crippen LogP contribution in [0.3, 0.4) is 0 Å². The average Bonchev–Trinajstić information content (AvgIpc) is 2.49. The van der Waals surface area contributed by atoms with E-state index in [0.29, 0.717) is 6.42 Å². The molecule has 0 radical (unpaired) electrons. The van der Waals surface area contributed by atoms with Gasteiger partial charge in [-0.2, -0.15) is 5.26 Å². The van der Waals surface area contributed by atoms with Crippen molar-refractivity contribution in [3.05, 3.63) is 11.6 Å². The van der Waals surface area contributed by atoms with Crippen LogP contribution in [0.2, 0.25) is 0 Å². The third kappa shape index (κ3) is 0.972. The number of hydrogen-bond acceptors (Lipinski definition) is 2. The van der Waals surface area contributed by atoms with Crippen molar-refractivity contribution >= 4 is 5.78 Å². The fourth-order valence-electron chi connectivity index (χ4n) is 2.23. The van der Waals surface area contributed by atoms with Crippen LogP contribution >= 0.6 is 0 Å². The molecule has 2 aliphatic rings. The van der Waals surface area contributed by atoms with Gasteiger partial charge in [-0.05, 0) is 24.8 Å². The Morgan fingerprint density at radius 3 is 3.17 bits per heavy atom. The van der Waals surface area contributed by atoms with Crippen LogP contribution in [0.5, 0.6) is 0 Å². The van der Waals surface area contributed by atoms with Crippen LogP contribution in [0, 0.1) is 23.2 Å². The Labute approximate surface area is 71.9 Å². The van der Waals surface area contributed by atoms with Gasteiger partial charge in [-0.3, -0.25) is 4.79 Å². The van der Waals surface area contributed by atoms with E-state index < -0.39 is 0 Å². The summed E-state index contributed by atoms with van der Waals surface area (Å²) < 4.78 is 0. The number of carbonyl (C=O) groups excluding carboxylic acids is 1. The van der Waals surface area contributed by atoms with Crippen molar-refractivity contribution in [2.24, 2.45) is 11.8 Å². The van der Waals surface area contributed by atoms with Crippen LogP contribution in [0.4, 0.5) is 0 Å². The van der Waals surface area contributed by atoms with Crippen molar-refractivity contribution in [3.63, 3.8) is 0 Å². The number of carbonyl (C=O) groups is 1. The van der Waals surface area contributed by atoms with E-state index in [9.17, 15) is 4.79 Å². The highest BCUT2D eigenvalue weighted by atomic mass is 16.1. The number of allylic oxidation sites excluding steroid dienone is 2. The lowest BCUT2D eigenvalue weighted by Crippen LogP contribution is -2.20. The van der Waals surface area contributed by atoms with Gasteiger partial charge in [0.2, 0.25) is 0 Å². The van der Waals surface area contributed by atoms with E-state index in [1.54, 1.807) is 0 Å². The van der Waals surface area contributed by atoms with Crippen LogP contribution in [0.15, 0.2) is 11.6 Å². The predicted octanol–water partition coefficient (Wildman–Crippen LogP) is 1.83. The van der Waals surface area contributed by atoms with Gasteiger partial charge in [-0.15, -0.1) is 0 Å². The number of nitrogens with zero attached hydrogens (tertiary/aromatic N) is 1. The molecular formula is C10H11NO. The van der Waals surface area contributed by atoms with Crippen LogP contribution in [0.1, 0.15) is 25.7 Å². The largest absolute Gasteiger partial charge is 0.295 e. The zero-order valence-corrected chi connectivity index (χ0v) is 6.92. The molecular weight excluding hydrogens is 150 g/mol. The topological polar surface area (TPSA) is 40.9 Å². The van der Waals surface area contributed by atoms with E-state index in [-0.39, 0.29) is 17.6 Å². The third-order valence-electron chi connectivity index (χ3n) is 2.88. The number of hydrogen-bond donors (Lipinski definition) is 0. The minimum atomic E-state index is 0.0873. The molecule has 2 aliphatic carbocycles. The Bertz CT molecular complexity index is 285. The zero-order chi connectivity index (χ0) is 8.55. The highest BCUT2D eigenvalue weighted by Crippen LogP contribution is 2.39. The Morgan fingerprint density at radius 2 is 2.42 bits per heavy atom. The number of rotatable bonds is 0. The minimum absolute atomic E-state index is 0.0873. The number of nitriles is 1. The van der Waals surface area contributed by atoms with Gasteiger partial charge in [0.25, 0.3) is 0 Å². The van der Waals surface area contributed by atoms with Crippen LogP contribution in [0.25, 0.3) is 0 Å². The Kier molecular flexibility index (Phi) is 1.73. The molecule has 0 aliphatic heterocycles. The summed E-state index contributed by atoms with van der Waals surface area (Å²) in [6.45, 7) is 0. The first-order valence-electron chi connectivity index (χ1n) is 4.46. The summed E-state index contributed by atoms with van der Waals surface area (Å²) in [6, 6.07) is 2.28. The molecule has 0 aromatic carbocycles. The fraction of sp³-hybridized carbons (Fsp3) is 0.600. The molecule has 0 aromatic heterocycles. The van der Waals surface area contributed by atoms with Crippen LogP contribution in [-0.4, -0.2) is 5.78 Å². The Morgan fingerprint density at radius 1 is 1.58 bits per heavy atom. The van der Waals surface area contributed by atoms with Crippen molar-refractivity contribution in [2.45, 2.75) is 25.7 Å². The van der Waals surface area contributed by atoms with E-state index >= 15 is 0 Å². The summed E-state index contributed by atoms with van der Waals surface area (Å²) >= 11 is 0. The maximum atomic E-state index is 11.4. The summed E-state index contributed by atoms with van der Waals surface area (Å²) in [4.78, 5) is 11.4. The second-order valence-corrected chi connectivity index (χ2v) is 3.55. The molecule has 2 heteroatoms. The standard InChI is InChI=1S/C10H11NO/c11-6-7-4-5-9-8(7)2-1-3-10(9)12/h5,7-8H,1-4H2. The SMILES string of the molecule is N#CC1CC=C2C(=O)CCCC21. The number of ketones is 1. The molecule has 62 valence electrons. The second-order valence-electron chi connectivity index (χ2n) is 3.55. The van der Waals surface area contributed by atoms with Crippen molar-refractivity contribution < 1.29 is 4.79 Å². The molecule has 2 atom stereocenters. The number of fused-ring (bicyclic) bond motifs is 1. The highest BCUT2D eigenvalue weighted by molar-refractivity contribution is 5.97. The Hall–Kier alpha value is -1.10. The lowest BCUT2D eigenvalue weighted by molar-refractivity contribution is -0.117. The summed E-state index contributed by atoms with van der Waals surface area (Å²) in [6.07, 6.45) is 5.47. The molecule has 0 spiro atoms. The molecule has 2 rings (SSSR count). The molecule has 1 fully saturated rings. The van der Waals surface area contributed by atoms with Gasteiger partial charge in [0, 0.05) is 12.3 Å². The van der Waals surface area contributed by atoms with E-state index in [4.69, 9.17) is 5.26 Å². The molecule has 0 N–H and O–H groups in total. The number of Topliss-reactive ketones (excluding diaryl/α,β-unsaturated/α-hetero) is 1. The predicted molar refractivity (Wildman–Crippen MR) is 44.2 cm³/mol. The first-order valence-corrected chi connectivity index (χ1v) is 4.46. The maximum Gasteiger partial charge on any atom is 0.158 e. The highest BCUT2D eigenvalue weighted by Gasteiger charge is 2.35. The molecule has 0 saturated heterocycles. The first-order chi connectivity index (χ1) is 5.83. The van der Waals surface area contributed by atoms with Gasteiger partial charge in [-0.1, -0.05) is 6.08 Å². The molecule has 2 nitrogen and oxygen atoms in total. The second kappa shape index (κ2) is 2.75. The summed E-state index contributed by atoms with van der Waals surface area (Å²) in [5.41, 5.74) is 0.952. The molecule has 0 amide bonds. The Balaban J connectivity index is 2.23. The molecule has 12 heavy (non-hydrogen) atoms. The van der Waals surface area contributed by atoms with E-state index in [0.717, 1.165) is 24.8 Å². The van der Waals surface area contributed by atoms with Gasteiger partial charge in [0.1, 0.15) is 0 Å². The maximum absolute atomic E-state index is 11.4. The van der Waals surface area contributed by atoms with Crippen molar-refractivity contribution in [1.29, 1.82) is 5.26 Å². The summed E-state index contributed by atoms with van der Waals surface area (Å²) in [5, 5.41) is 8.80. The normalized spacial score (nSPS) is 33.9. The van der Waals surface area contributed by atoms with Crippen molar-refractivity contribution in [3.8, 4) is 6.07 Å². The lowest BCUT2D eigenvalue weighted by Gasteiger charge is -2.21. The molecule has 0 bridgehead atoms. The van der Waals surface area contributed by atoms with E-state index in [1.807, 2.05) is 6.08 Å². The van der Waals surface area contributed by atoms with Crippen molar-refractivity contribution in [1.82, 2.24) is 0 Å². The van der Waals surface area contributed by atoms with Gasteiger partial charge in [0.15, 0.2) is 5.78 Å². The summed E-state index contributed by atoms with van der Waals surface area (Å²) in [5.74, 6) is 0.643. The fourth-order valence-corrected chi connectivity index (χ4v) is 2.23. The van der Waals surface area contributed by atoms with Gasteiger partial charge in [0.05, 0.1) is 12.0 Å².